The molecule has 16 heteroatoms. The molecule has 4 heterocycles. The van der Waals surface area contributed by atoms with E-state index in [0.29, 0.717) is 19.8 Å². The quantitative estimate of drug-likeness (QED) is 0.440. The number of rotatable bonds is 3. The third-order valence-electron chi connectivity index (χ3n) is 6.78. The Kier molecular flexibility index (Phi) is 12.6. The number of amides is 1. The Morgan fingerprint density at radius 3 is 1.81 bits per heavy atom. The molecular weight excluding hydrogens is 733 g/mol. The Bertz CT molecular complexity index is 1310. The molecular formula is C27H36B2Br2Cl2N2O8. The zero-order valence-corrected chi connectivity index (χ0v) is 29.3. The van der Waals surface area contributed by atoms with Crippen LogP contribution in [-0.2, 0) is 23.4 Å². The molecule has 0 radical (unpaired) electrons. The predicted molar refractivity (Wildman–Crippen MR) is 177 cm³/mol. The Hall–Kier alpha value is -1.22. The average Bonchev–Trinajstić information content (AvgIpc) is 3.35. The summed E-state index contributed by atoms with van der Waals surface area (Å²) in [5, 5.41) is 2.76. The van der Waals surface area contributed by atoms with Crippen LogP contribution in [0.3, 0.4) is 0 Å². The van der Waals surface area contributed by atoms with Crippen molar-refractivity contribution in [3.05, 3.63) is 44.3 Å². The minimum absolute atomic E-state index is 0. The van der Waals surface area contributed by atoms with Gasteiger partial charge in [0.15, 0.2) is 0 Å². The van der Waals surface area contributed by atoms with E-state index in [9.17, 15) is 4.79 Å². The second kappa shape index (κ2) is 14.9. The standard InChI is InChI=1S/C16H21BBrNO5.C11H13BBrNO3.2ClH/c1-9-8-21-11-6-5-10(18)13-12(24-17(23-9)14(11)13)7-19-15(20)22-16(2,3)4;1-6-5-15-8-3-2-7(13)10-9(4-14)17-12(16-6)11(8)10;;/h5-6,9,12H,7-8H2,1-4H3,(H,19,20);2-3,6,9H,4-5,14H2,1H3;2*1H. The molecule has 0 saturated heterocycles. The van der Waals surface area contributed by atoms with Gasteiger partial charge in [0, 0.05) is 33.0 Å². The molecule has 4 aliphatic heterocycles. The number of benzene rings is 2. The first-order valence-electron chi connectivity index (χ1n) is 13.6. The van der Waals surface area contributed by atoms with E-state index in [2.05, 4.69) is 37.2 Å². The zero-order chi connectivity index (χ0) is 29.5. The summed E-state index contributed by atoms with van der Waals surface area (Å²) in [4.78, 5) is 11.9. The Labute approximate surface area is 282 Å². The van der Waals surface area contributed by atoms with Crippen LogP contribution in [0.1, 0.15) is 58.0 Å². The molecule has 0 saturated carbocycles. The molecule has 10 nitrogen and oxygen atoms in total. The second-order valence-electron chi connectivity index (χ2n) is 11.3. The van der Waals surface area contributed by atoms with E-state index < -0.39 is 18.8 Å². The molecule has 0 bridgehead atoms. The topological polar surface area (TPSA) is 120 Å². The van der Waals surface area contributed by atoms with Crippen molar-refractivity contribution in [3.63, 3.8) is 0 Å². The van der Waals surface area contributed by atoms with Crippen LogP contribution in [-0.4, -0.2) is 64.4 Å². The van der Waals surface area contributed by atoms with Crippen LogP contribution in [0.25, 0.3) is 0 Å². The first kappa shape index (κ1) is 36.3. The molecule has 236 valence electrons. The van der Waals surface area contributed by atoms with Gasteiger partial charge in [0.05, 0.1) is 24.4 Å². The maximum Gasteiger partial charge on any atom is 0.498 e. The third kappa shape index (κ3) is 8.14. The van der Waals surface area contributed by atoms with Crippen molar-refractivity contribution in [2.24, 2.45) is 5.73 Å². The number of hydrogen-bond acceptors (Lipinski definition) is 9. The van der Waals surface area contributed by atoms with E-state index >= 15 is 0 Å². The highest BCUT2D eigenvalue weighted by Crippen LogP contribution is 2.37. The van der Waals surface area contributed by atoms with Crippen LogP contribution < -0.4 is 31.4 Å². The van der Waals surface area contributed by atoms with Crippen LogP contribution in [0.2, 0.25) is 0 Å². The summed E-state index contributed by atoms with van der Waals surface area (Å²) < 4.78 is 42.3. The molecule has 43 heavy (non-hydrogen) atoms. The van der Waals surface area contributed by atoms with Gasteiger partial charge in [0.1, 0.15) is 30.3 Å². The summed E-state index contributed by atoms with van der Waals surface area (Å²) >= 11 is 7.10. The smallest absolute Gasteiger partial charge is 0.491 e. The molecule has 3 N–H and O–H groups in total. The number of carbonyl (C=O) groups is 1. The summed E-state index contributed by atoms with van der Waals surface area (Å²) in [5.74, 6) is 1.61. The monoisotopic (exact) mass is 766 g/mol. The van der Waals surface area contributed by atoms with Gasteiger partial charge in [-0.2, -0.15) is 0 Å². The van der Waals surface area contributed by atoms with Gasteiger partial charge in [-0.15, -0.1) is 24.8 Å². The fourth-order valence-electron chi connectivity index (χ4n) is 5.07. The maximum absolute atomic E-state index is 11.9. The molecule has 0 aromatic heterocycles. The predicted octanol–water partition coefficient (Wildman–Crippen LogP) is 4.35. The SMILES string of the molecule is CC1COc2ccc(Br)c3c2B(O1)OC3CN.CC1COc2ccc(Br)c3c2B(O1)OC3CNC(=O)OC(C)(C)C.Cl.Cl. The van der Waals surface area contributed by atoms with Crippen LogP contribution in [0.15, 0.2) is 33.2 Å². The lowest BCUT2D eigenvalue weighted by atomic mass is 9.77. The fraction of sp³-hybridized carbons (Fsp3) is 0.519. The van der Waals surface area contributed by atoms with Gasteiger partial charge >= 0.3 is 20.3 Å². The molecule has 0 fully saturated rings. The molecule has 6 rings (SSSR count). The van der Waals surface area contributed by atoms with Crippen molar-refractivity contribution in [3.8, 4) is 11.5 Å². The summed E-state index contributed by atoms with van der Waals surface area (Å²) in [7, 11) is -0.848. The van der Waals surface area contributed by atoms with E-state index in [1.807, 2.05) is 58.9 Å². The van der Waals surface area contributed by atoms with E-state index in [0.717, 1.165) is 42.5 Å². The first-order chi connectivity index (χ1) is 19.4. The normalized spacial score (nSPS) is 23.0. The van der Waals surface area contributed by atoms with Crippen molar-refractivity contribution in [2.45, 2.75) is 64.6 Å². The molecule has 1 amide bonds. The zero-order valence-electron chi connectivity index (χ0n) is 24.5. The summed E-state index contributed by atoms with van der Waals surface area (Å²) in [6.07, 6.45) is -0.998. The third-order valence-corrected chi connectivity index (χ3v) is 8.17. The summed E-state index contributed by atoms with van der Waals surface area (Å²) in [6.45, 7) is 11.1. The van der Waals surface area contributed by atoms with Gasteiger partial charge in [-0.3, -0.25) is 0 Å². The van der Waals surface area contributed by atoms with Gasteiger partial charge in [-0.25, -0.2) is 4.79 Å². The fourth-order valence-corrected chi connectivity index (χ4v) is 6.27. The summed E-state index contributed by atoms with van der Waals surface area (Å²) in [6, 6.07) is 7.75. The number of hydrogen-bond donors (Lipinski definition) is 2. The molecule has 4 unspecified atom stereocenters. The number of alkyl carbamates (subject to hydrolysis) is 1. The van der Waals surface area contributed by atoms with Crippen molar-refractivity contribution >= 4 is 87.9 Å². The minimum atomic E-state index is -0.540. The van der Waals surface area contributed by atoms with Crippen molar-refractivity contribution in [2.75, 3.05) is 26.3 Å². The lowest BCUT2D eigenvalue weighted by molar-refractivity contribution is 0.0485. The molecule has 2 aromatic rings. The maximum atomic E-state index is 11.9. The molecule has 0 aliphatic carbocycles. The Balaban J connectivity index is 0.000000236. The molecule has 4 atom stereocenters. The van der Waals surface area contributed by atoms with Crippen LogP contribution in [0.4, 0.5) is 4.79 Å². The number of nitrogens with one attached hydrogen (secondary N) is 1. The second-order valence-corrected chi connectivity index (χ2v) is 13.0. The largest absolute Gasteiger partial charge is 0.498 e. The van der Waals surface area contributed by atoms with Gasteiger partial charge in [0.2, 0.25) is 0 Å². The highest BCUT2D eigenvalue weighted by molar-refractivity contribution is 9.10. The highest BCUT2D eigenvalue weighted by Gasteiger charge is 2.45. The van der Waals surface area contributed by atoms with E-state index in [-0.39, 0.29) is 62.9 Å². The van der Waals surface area contributed by atoms with Gasteiger partial charge < -0.3 is 43.9 Å². The van der Waals surface area contributed by atoms with Gasteiger partial charge in [-0.05, 0) is 70.0 Å². The van der Waals surface area contributed by atoms with Crippen molar-refractivity contribution < 1.29 is 37.6 Å². The molecule has 4 aliphatic rings. The van der Waals surface area contributed by atoms with Crippen LogP contribution >= 0.6 is 56.7 Å². The Morgan fingerprint density at radius 2 is 1.35 bits per heavy atom. The Morgan fingerprint density at radius 1 is 0.884 bits per heavy atom. The minimum Gasteiger partial charge on any atom is -0.491 e. The van der Waals surface area contributed by atoms with Gasteiger partial charge in [-0.1, -0.05) is 31.9 Å². The van der Waals surface area contributed by atoms with E-state index in [1.54, 1.807) is 0 Å². The number of ether oxygens (including phenoxy) is 3. The van der Waals surface area contributed by atoms with Crippen LogP contribution in [0, 0.1) is 0 Å². The number of nitrogens with two attached hydrogens (primary N) is 1. The summed E-state index contributed by atoms with van der Waals surface area (Å²) in [5.41, 5.74) is 9.08. The average molecular weight is 769 g/mol. The van der Waals surface area contributed by atoms with Gasteiger partial charge in [0.25, 0.3) is 0 Å². The molecule has 0 spiro atoms. The van der Waals surface area contributed by atoms with Crippen molar-refractivity contribution in [1.29, 1.82) is 0 Å². The number of halogens is 4. The molecule has 2 aromatic carbocycles. The first-order valence-corrected chi connectivity index (χ1v) is 15.2. The number of carbonyl (C=O) groups excluding carboxylic acids is 1. The highest BCUT2D eigenvalue weighted by atomic mass is 79.9. The lowest BCUT2D eigenvalue weighted by Gasteiger charge is -2.21. The van der Waals surface area contributed by atoms with E-state index in [1.165, 1.54) is 0 Å². The lowest BCUT2D eigenvalue weighted by Crippen LogP contribution is -2.36. The van der Waals surface area contributed by atoms with Crippen molar-refractivity contribution in [1.82, 2.24) is 5.32 Å². The van der Waals surface area contributed by atoms with Crippen LogP contribution in [0.5, 0.6) is 11.5 Å². The van der Waals surface area contributed by atoms with E-state index in [4.69, 9.17) is 38.6 Å².